The van der Waals surface area contributed by atoms with Crippen LogP contribution in [0.1, 0.15) is 39.5 Å². The smallest absolute Gasteiger partial charge is 0.257 e. The zero-order valence-corrected chi connectivity index (χ0v) is 13.9. The molecule has 0 aliphatic heterocycles. The Morgan fingerprint density at radius 3 is 2.60 bits per heavy atom. The van der Waals surface area contributed by atoms with E-state index < -0.39 is 0 Å². The van der Waals surface area contributed by atoms with Gasteiger partial charge >= 0.3 is 0 Å². The van der Waals surface area contributed by atoms with Crippen molar-refractivity contribution in [1.82, 2.24) is 5.32 Å². The molecule has 0 fully saturated rings. The van der Waals surface area contributed by atoms with Crippen LogP contribution < -0.4 is 10.1 Å². The topological polar surface area (TPSA) is 38.3 Å². The summed E-state index contributed by atoms with van der Waals surface area (Å²) in [4.78, 5) is 11.7. The molecule has 1 aromatic rings. The average molecular weight is 342 g/mol. The fraction of sp³-hybridized carbons (Fsp3) is 0.562. The van der Waals surface area contributed by atoms with Gasteiger partial charge < -0.3 is 10.1 Å². The molecule has 0 bridgehead atoms. The molecular formula is C16H24BrNO2. The minimum atomic E-state index is -0.0529. The van der Waals surface area contributed by atoms with Crippen molar-refractivity contribution in [3.63, 3.8) is 0 Å². The van der Waals surface area contributed by atoms with Crippen LogP contribution in [-0.2, 0) is 4.79 Å². The summed E-state index contributed by atoms with van der Waals surface area (Å²) in [7, 11) is 0. The number of carbonyl (C=O) groups excluding carboxylic acids is 1. The normalized spacial score (nSPS) is 11.9. The summed E-state index contributed by atoms with van der Waals surface area (Å²) in [5.41, 5.74) is 0. The quantitative estimate of drug-likeness (QED) is 0.732. The Morgan fingerprint density at radius 1 is 1.30 bits per heavy atom. The molecule has 0 unspecified atom stereocenters. The van der Waals surface area contributed by atoms with Crippen molar-refractivity contribution in [2.24, 2.45) is 5.92 Å². The predicted molar refractivity (Wildman–Crippen MR) is 86.0 cm³/mol. The highest BCUT2D eigenvalue weighted by molar-refractivity contribution is 9.10. The summed E-state index contributed by atoms with van der Waals surface area (Å²) in [6.07, 6.45) is 4.72. The largest absolute Gasteiger partial charge is 0.484 e. The highest BCUT2D eigenvalue weighted by Gasteiger charge is 2.08. The Hall–Kier alpha value is -1.03. The van der Waals surface area contributed by atoms with Crippen LogP contribution in [-0.4, -0.2) is 19.1 Å². The van der Waals surface area contributed by atoms with E-state index in [4.69, 9.17) is 4.74 Å². The molecule has 4 heteroatoms. The lowest BCUT2D eigenvalue weighted by atomic mass is 9.99. The van der Waals surface area contributed by atoms with Gasteiger partial charge in [-0.2, -0.15) is 0 Å². The number of benzene rings is 1. The molecule has 3 nitrogen and oxygen atoms in total. The summed E-state index contributed by atoms with van der Waals surface area (Å²) >= 11 is 3.36. The van der Waals surface area contributed by atoms with Crippen LogP contribution in [0.4, 0.5) is 0 Å². The van der Waals surface area contributed by atoms with Gasteiger partial charge in [0.1, 0.15) is 5.75 Å². The molecular weight excluding hydrogens is 318 g/mol. The van der Waals surface area contributed by atoms with E-state index in [0.29, 0.717) is 11.7 Å². The highest BCUT2D eigenvalue weighted by Crippen LogP contribution is 2.16. The monoisotopic (exact) mass is 341 g/mol. The van der Waals surface area contributed by atoms with Crippen molar-refractivity contribution in [2.75, 3.05) is 13.2 Å². The zero-order chi connectivity index (χ0) is 14.8. The van der Waals surface area contributed by atoms with E-state index in [1.165, 1.54) is 19.3 Å². The molecule has 112 valence electrons. The van der Waals surface area contributed by atoms with Gasteiger partial charge in [-0.1, -0.05) is 49.0 Å². The van der Waals surface area contributed by atoms with Gasteiger partial charge in [-0.25, -0.2) is 0 Å². The van der Waals surface area contributed by atoms with Crippen molar-refractivity contribution in [3.05, 3.63) is 28.7 Å². The maximum atomic E-state index is 11.7. The Bertz CT molecular complexity index is 392. The van der Waals surface area contributed by atoms with Crippen LogP contribution in [0.25, 0.3) is 0 Å². The number of amides is 1. The molecule has 0 aliphatic rings. The third-order valence-corrected chi connectivity index (χ3v) is 3.84. The van der Waals surface area contributed by atoms with Crippen molar-refractivity contribution >= 4 is 21.8 Å². The number of rotatable bonds is 9. The molecule has 0 heterocycles. The molecule has 0 aliphatic carbocycles. The van der Waals surface area contributed by atoms with E-state index in [1.807, 2.05) is 24.3 Å². The fourth-order valence-electron chi connectivity index (χ4n) is 1.93. The number of hydrogen-bond donors (Lipinski definition) is 1. The molecule has 20 heavy (non-hydrogen) atoms. The van der Waals surface area contributed by atoms with E-state index in [1.54, 1.807) is 0 Å². The number of halogens is 1. The van der Waals surface area contributed by atoms with E-state index in [-0.39, 0.29) is 12.5 Å². The standard InChI is InChI=1S/C16H24BrNO2/c1-3-5-6-13(4-2)11-18-16(19)12-20-15-9-7-14(17)8-10-15/h7-10,13H,3-6,11-12H2,1-2H3,(H,18,19)/t13-/m1/s1. The van der Waals surface area contributed by atoms with Crippen LogP contribution in [0.15, 0.2) is 28.7 Å². The Labute approximate surface area is 130 Å². The molecule has 0 saturated heterocycles. The zero-order valence-electron chi connectivity index (χ0n) is 12.3. The van der Waals surface area contributed by atoms with Gasteiger partial charge in [-0.15, -0.1) is 0 Å². The third kappa shape index (κ3) is 6.94. The molecule has 0 spiro atoms. The second-order valence-corrected chi connectivity index (χ2v) is 5.88. The lowest BCUT2D eigenvalue weighted by molar-refractivity contribution is -0.123. The van der Waals surface area contributed by atoms with Crippen LogP contribution in [0.5, 0.6) is 5.75 Å². The van der Waals surface area contributed by atoms with Gasteiger partial charge in [0.25, 0.3) is 5.91 Å². The van der Waals surface area contributed by atoms with Gasteiger partial charge in [-0.05, 0) is 36.6 Å². The van der Waals surface area contributed by atoms with Crippen LogP contribution in [0, 0.1) is 5.92 Å². The van der Waals surface area contributed by atoms with Gasteiger partial charge in [0.05, 0.1) is 0 Å². The predicted octanol–water partition coefficient (Wildman–Crippen LogP) is 4.16. The molecule has 1 aromatic carbocycles. The summed E-state index contributed by atoms with van der Waals surface area (Å²) < 4.78 is 6.43. The first-order valence-electron chi connectivity index (χ1n) is 7.30. The summed E-state index contributed by atoms with van der Waals surface area (Å²) in [5, 5.41) is 2.95. The van der Waals surface area contributed by atoms with E-state index in [9.17, 15) is 4.79 Å². The first kappa shape index (κ1) is 17.0. The van der Waals surface area contributed by atoms with Gasteiger partial charge in [0.2, 0.25) is 0 Å². The fourth-order valence-corrected chi connectivity index (χ4v) is 2.20. The molecule has 0 saturated carbocycles. The van der Waals surface area contributed by atoms with E-state index in [0.717, 1.165) is 17.4 Å². The lowest BCUT2D eigenvalue weighted by Crippen LogP contribution is -2.33. The Kier molecular flexibility index (Phi) is 8.35. The minimum absolute atomic E-state index is 0.0529. The Balaban J connectivity index is 2.24. The summed E-state index contributed by atoms with van der Waals surface area (Å²) in [6, 6.07) is 7.47. The first-order valence-corrected chi connectivity index (χ1v) is 8.10. The highest BCUT2D eigenvalue weighted by atomic mass is 79.9. The maximum Gasteiger partial charge on any atom is 0.257 e. The van der Waals surface area contributed by atoms with Crippen molar-refractivity contribution in [3.8, 4) is 5.75 Å². The van der Waals surface area contributed by atoms with E-state index in [2.05, 4.69) is 35.1 Å². The van der Waals surface area contributed by atoms with Crippen molar-refractivity contribution in [2.45, 2.75) is 39.5 Å². The van der Waals surface area contributed by atoms with Gasteiger partial charge in [0, 0.05) is 11.0 Å². The molecule has 0 aromatic heterocycles. The second kappa shape index (κ2) is 9.81. The Morgan fingerprint density at radius 2 is 2.00 bits per heavy atom. The number of nitrogens with one attached hydrogen (secondary N) is 1. The first-order chi connectivity index (χ1) is 9.65. The lowest BCUT2D eigenvalue weighted by Gasteiger charge is -2.15. The number of unbranched alkanes of at least 4 members (excludes halogenated alkanes) is 1. The minimum Gasteiger partial charge on any atom is -0.484 e. The molecule has 0 radical (unpaired) electrons. The molecule has 1 rings (SSSR count). The van der Waals surface area contributed by atoms with Gasteiger partial charge in [0.15, 0.2) is 6.61 Å². The third-order valence-electron chi connectivity index (χ3n) is 3.31. The number of ether oxygens (including phenoxy) is 1. The van der Waals surface area contributed by atoms with Crippen molar-refractivity contribution < 1.29 is 9.53 Å². The summed E-state index contributed by atoms with van der Waals surface area (Å²) in [5.74, 6) is 1.23. The van der Waals surface area contributed by atoms with Gasteiger partial charge in [-0.3, -0.25) is 4.79 Å². The SMILES string of the molecule is CCCC[C@@H](CC)CNC(=O)COc1ccc(Br)cc1. The molecule has 1 atom stereocenters. The molecule has 1 amide bonds. The number of carbonyl (C=O) groups is 1. The van der Waals surface area contributed by atoms with Crippen LogP contribution in [0.2, 0.25) is 0 Å². The number of hydrogen-bond acceptors (Lipinski definition) is 2. The average Bonchev–Trinajstić information content (AvgIpc) is 2.47. The van der Waals surface area contributed by atoms with Crippen molar-refractivity contribution in [1.29, 1.82) is 0 Å². The summed E-state index contributed by atoms with van der Waals surface area (Å²) in [6.45, 7) is 5.19. The maximum absolute atomic E-state index is 11.7. The second-order valence-electron chi connectivity index (χ2n) is 4.96. The van der Waals surface area contributed by atoms with E-state index >= 15 is 0 Å². The van der Waals surface area contributed by atoms with Crippen LogP contribution in [0.3, 0.4) is 0 Å². The van der Waals surface area contributed by atoms with Crippen LogP contribution >= 0.6 is 15.9 Å². The molecule has 1 N–H and O–H groups in total.